The predicted octanol–water partition coefficient (Wildman–Crippen LogP) is 3.41. The van der Waals surface area contributed by atoms with Crippen LogP contribution in [0.3, 0.4) is 0 Å². The number of hydrogen-bond donors (Lipinski definition) is 2. The standard InChI is InChI=1S/C18H19ClN2O2/c1-23-18-8-2-13(3-9-18)10-17(11-15(20)12-22)21-16-6-4-14(19)5-7-16/h2-9,11-12,15,21H,10,20H2,1H3/b17-11-. The number of ether oxygens (including phenoxy) is 1. The summed E-state index contributed by atoms with van der Waals surface area (Å²) < 4.78 is 5.15. The third-order valence-corrected chi connectivity index (χ3v) is 3.51. The molecule has 0 bridgehead atoms. The first kappa shape index (κ1) is 17.1. The Morgan fingerprint density at radius 3 is 2.43 bits per heavy atom. The van der Waals surface area contributed by atoms with Gasteiger partial charge in [0.05, 0.1) is 13.2 Å². The Morgan fingerprint density at radius 1 is 1.22 bits per heavy atom. The number of halogens is 1. The van der Waals surface area contributed by atoms with E-state index in [0.717, 1.165) is 22.7 Å². The van der Waals surface area contributed by atoms with Gasteiger partial charge in [-0.1, -0.05) is 23.7 Å². The highest BCUT2D eigenvalue weighted by molar-refractivity contribution is 6.30. The van der Waals surface area contributed by atoms with Crippen LogP contribution < -0.4 is 15.8 Å². The van der Waals surface area contributed by atoms with Crippen LogP contribution in [0.1, 0.15) is 5.56 Å². The van der Waals surface area contributed by atoms with E-state index in [0.29, 0.717) is 17.7 Å². The van der Waals surface area contributed by atoms with Crippen molar-refractivity contribution in [2.75, 3.05) is 12.4 Å². The third kappa shape index (κ3) is 5.43. The third-order valence-electron chi connectivity index (χ3n) is 3.25. The lowest BCUT2D eigenvalue weighted by molar-refractivity contribution is -0.108. The average molecular weight is 331 g/mol. The van der Waals surface area contributed by atoms with Gasteiger partial charge in [0.1, 0.15) is 12.0 Å². The van der Waals surface area contributed by atoms with Crippen LogP contribution in [0.15, 0.2) is 60.3 Å². The number of nitrogens with two attached hydrogens (primary N) is 1. The number of carbonyl (C=O) groups excluding carboxylic acids is 1. The van der Waals surface area contributed by atoms with Gasteiger partial charge in [0.25, 0.3) is 0 Å². The number of aldehydes is 1. The number of hydrogen-bond acceptors (Lipinski definition) is 4. The number of nitrogens with one attached hydrogen (secondary N) is 1. The molecule has 0 aliphatic rings. The number of allylic oxidation sites excluding steroid dienone is 1. The van der Waals surface area contributed by atoms with Crippen LogP contribution in [-0.4, -0.2) is 19.4 Å². The highest BCUT2D eigenvalue weighted by Gasteiger charge is 2.05. The highest BCUT2D eigenvalue weighted by Crippen LogP contribution is 2.19. The van der Waals surface area contributed by atoms with Gasteiger partial charge in [-0.3, -0.25) is 0 Å². The van der Waals surface area contributed by atoms with Crippen molar-refractivity contribution >= 4 is 23.6 Å². The number of benzene rings is 2. The molecule has 0 saturated heterocycles. The van der Waals surface area contributed by atoms with Crippen molar-refractivity contribution in [3.05, 3.63) is 70.9 Å². The van der Waals surface area contributed by atoms with Gasteiger partial charge >= 0.3 is 0 Å². The van der Waals surface area contributed by atoms with E-state index in [-0.39, 0.29) is 0 Å². The van der Waals surface area contributed by atoms with E-state index in [4.69, 9.17) is 22.1 Å². The fourth-order valence-corrected chi connectivity index (χ4v) is 2.22. The summed E-state index contributed by atoms with van der Waals surface area (Å²) in [5.41, 5.74) is 8.53. The predicted molar refractivity (Wildman–Crippen MR) is 93.9 cm³/mol. The maximum atomic E-state index is 10.8. The van der Waals surface area contributed by atoms with Crippen molar-refractivity contribution in [2.45, 2.75) is 12.5 Å². The molecule has 5 heteroatoms. The summed E-state index contributed by atoms with van der Waals surface area (Å²) >= 11 is 5.89. The van der Waals surface area contributed by atoms with Crippen LogP contribution >= 0.6 is 11.6 Å². The van der Waals surface area contributed by atoms with Gasteiger partial charge in [-0.15, -0.1) is 0 Å². The number of carbonyl (C=O) groups is 1. The van der Waals surface area contributed by atoms with Crippen molar-refractivity contribution in [1.82, 2.24) is 0 Å². The molecule has 0 spiro atoms. The molecule has 2 rings (SSSR count). The Balaban J connectivity index is 2.17. The van der Waals surface area contributed by atoms with Crippen LogP contribution in [0.25, 0.3) is 0 Å². The van der Waals surface area contributed by atoms with Gasteiger partial charge in [0, 0.05) is 22.8 Å². The molecule has 1 unspecified atom stereocenters. The second kappa shape index (κ2) is 8.36. The topological polar surface area (TPSA) is 64.3 Å². The monoisotopic (exact) mass is 330 g/mol. The first-order valence-corrected chi connectivity index (χ1v) is 7.55. The normalized spacial score (nSPS) is 12.6. The first-order chi connectivity index (χ1) is 11.1. The zero-order chi connectivity index (χ0) is 16.7. The zero-order valence-electron chi connectivity index (χ0n) is 12.8. The molecule has 0 fully saturated rings. The Kier molecular flexibility index (Phi) is 6.20. The van der Waals surface area contributed by atoms with E-state index in [1.54, 1.807) is 25.3 Å². The van der Waals surface area contributed by atoms with Crippen LogP contribution in [0.5, 0.6) is 5.75 Å². The molecule has 0 aliphatic heterocycles. The number of rotatable bonds is 7. The van der Waals surface area contributed by atoms with E-state index >= 15 is 0 Å². The Labute approximate surface area is 140 Å². The van der Waals surface area contributed by atoms with Crippen LogP contribution in [0.2, 0.25) is 5.02 Å². The molecule has 0 radical (unpaired) electrons. The Hall–Kier alpha value is -2.30. The van der Waals surface area contributed by atoms with Crippen molar-refractivity contribution in [3.63, 3.8) is 0 Å². The molecule has 3 N–H and O–H groups in total. The SMILES string of the molecule is COc1ccc(C/C(=C/C(N)C=O)Nc2ccc(Cl)cc2)cc1. The molecule has 120 valence electrons. The van der Waals surface area contributed by atoms with E-state index < -0.39 is 6.04 Å². The highest BCUT2D eigenvalue weighted by atomic mass is 35.5. The largest absolute Gasteiger partial charge is 0.497 e. The van der Waals surface area contributed by atoms with Gasteiger partial charge in [-0.05, 0) is 48.0 Å². The van der Waals surface area contributed by atoms with Gasteiger partial charge in [-0.25, -0.2) is 0 Å². The van der Waals surface area contributed by atoms with E-state index in [1.807, 2.05) is 36.4 Å². The van der Waals surface area contributed by atoms with Crippen molar-refractivity contribution in [2.24, 2.45) is 5.73 Å². The van der Waals surface area contributed by atoms with E-state index in [9.17, 15) is 4.79 Å². The quantitative estimate of drug-likeness (QED) is 0.764. The molecule has 0 heterocycles. The summed E-state index contributed by atoms with van der Waals surface area (Å²) in [6, 6.07) is 14.4. The summed E-state index contributed by atoms with van der Waals surface area (Å²) in [5, 5.41) is 3.95. The summed E-state index contributed by atoms with van der Waals surface area (Å²) in [7, 11) is 1.63. The molecule has 4 nitrogen and oxygen atoms in total. The Morgan fingerprint density at radius 2 is 1.87 bits per heavy atom. The minimum atomic E-state index is -0.650. The first-order valence-electron chi connectivity index (χ1n) is 7.18. The summed E-state index contributed by atoms with van der Waals surface area (Å²) in [6.45, 7) is 0. The van der Waals surface area contributed by atoms with Crippen molar-refractivity contribution in [3.8, 4) is 5.75 Å². The fourth-order valence-electron chi connectivity index (χ4n) is 2.10. The second-order valence-electron chi connectivity index (χ2n) is 5.06. The molecule has 23 heavy (non-hydrogen) atoms. The molecule has 0 amide bonds. The smallest absolute Gasteiger partial charge is 0.140 e. The maximum absolute atomic E-state index is 10.8. The summed E-state index contributed by atoms with van der Waals surface area (Å²) in [5.74, 6) is 0.800. The van der Waals surface area contributed by atoms with Gasteiger partial charge in [-0.2, -0.15) is 0 Å². The van der Waals surface area contributed by atoms with E-state index in [1.165, 1.54) is 0 Å². The van der Waals surface area contributed by atoms with Crippen molar-refractivity contribution < 1.29 is 9.53 Å². The number of anilines is 1. The van der Waals surface area contributed by atoms with Gasteiger partial charge in [0.15, 0.2) is 0 Å². The van der Waals surface area contributed by atoms with Crippen LogP contribution in [0, 0.1) is 0 Å². The lowest BCUT2D eigenvalue weighted by Crippen LogP contribution is -2.20. The molecule has 0 aromatic heterocycles. The fraction of sp³-hybridized carbons (Fsp3) is 0.167. The van der Waals surface area contributed by atoms with Crippen LogP contribution in [0.4, 0.5) is 5.69 Å². The lowest BCUT2D eigenvalue weighted by Gasteiger charge is -2.13. The molecule has 1 atom stereocenters. The molecule has 2 aromatic carbocycles. The molecular formula is C18H19ClN2O2. The Bertz CT molecular complexity index is 666. The summed E-state index contributed by atoms with van der Waals surface area (Å²) in [4.78, 5) is 10.8. The van der Waals surface area contributed by atoms with Crippen molar-refractivity contribution in [1.29, 1.82) is 0 Å². The molecule has 0 aliphatic carbocycles. The average Bonchev–Trinajstić information content (AvgIpc) is 2.57. The zero-order valence-corrected chi connectivity index (χ0v) is 13.6. The van der Waals surface area contributed by atoms with E-state index in [2.05, 4.69) is 5.32 Å². The molecule has 2 aromatic rings. The second-order valence-corrected chi connectivity index (χ2v) is 5.50. The van der Waals surface area contributed by atoms with Crippen LogP contribution in [-0.2, 0) is 11.2 Å². The summed E-state index contributed by atoms with van der Waals surface area (Å²) in [6.07, 6.45) is 3.04. The van der Waals surface area contributed by atoms with Gasteiger partial charge in [0.2, 0.25) is 0 Å². The molecular weight excluding hydrogens is 312 g/mol. The maximum Gasteiger partial charge on any atom is 0.140 e. The number of methoxy groups -OCH3 is 1. The minimum Gasteiger partial charge on any atom is -0.497 e. The van der Waals surface area contributed by atoms with Gasteiger partial charge < -0.3 is 20.6 Å². The minimum absolute atomic E-state index is 0.619. The molecule has 0 saturated carbocycles. The lowest BCUT2D eigenvalue weighted by atomic mass is 10.1.